The van der Waals surface area contributed by atoms with Crippen molar-refractivity contribution in [3.05, 3.63) is 114 Å². The molecule has 1 amide bonds. The largest absolute Gasteiger partial charge is 0.338 e. The summed E-state index contributed by atoms with van der Waals surface area (Å²) >= 11 is 0. The smallest absolute Gasteiger partial charge is 0.228 e. The fourth-order valence-electron chi connectivity index (χ4n) is 5.54. The average Bonchev–Trinajstić information content (AvgIpc) is 3.68. The SMILES string of the molecule is CS(=O)(=O)CCc1cc(F)cc(-c2ccnc3[nH]c(-c4n[nH]c5ccc(-c6cncc(NC(=O)Cc7ccccc7)c6)nc45)cc23)c1. The Kier molecular flexibility index (Phi) is 7.78. The fourth-order valence-corrected chi connectivity index (χ4v) is 6.15. The zero-order valence-corrected chi connectivity index (χ0v) is 26.0. The van der Waals surface area contributed by atoms with Gasteiger partial charge in [0.15, 0.2) is 0 Å². The van der Waals surface area contributed by atoms with E-state index in [0.29, 0.717) is 45.1 Å². The van der Waals surface area contributed by atoms with Crippen LogP contribution < -0.4 is 5.32 Å². The van der Waals surface area contributed by atoms with Crippen molar-refractivity contribution in [1.82, 2.24) is 30.1 Å². The lowest BCUT2D eigenvalue weighted by Gasteiger charge is -2.07. The average molecular weight is 646 g/mol. The molecule has 7 aromatic rings. The van der Waals surface area contributed by atoms with Gasteiger partial charge in [0.05, 0.1) is 41.0 Å². The number of hydrogen-bond acceptors (Lipinski definition) is 7. The molecular weight excluding hydrogens is 617 g/mol. The Hall–Kier alpha value is -5.75. The lowest BCUT2D eigenvalue weighted by Crippen LogP contribution is -2.14. The Bertz CT molecular complexity index is 2390. The zero-order valence-electron chi connectivity index (χ0n) is 25.2. The summed E-state index contributed by atoms with van der Waals surface area (Å²) in [6.45, 7) is 0. The minimum absolute atomic E-state index is 0.0690. The number of H-pyrrole nitrogens is 2. The number of hydrogen-bond donors (Lipinski definition) is 3. The maximum Gasteiger partial charge on any atom is 0.228 e. The van der Waals surface area contributed by atoms with Crippen molar-refractivity contribution in [3.8, 4) is 33.8 Å². The van der Waals surface area contributed by atoms with Crippen LogP contribution in [0.5, 0.6) is 0 Å². The van der Waals surface area contributed by atoms with Crippen molar-refractivity contribution in [2.45, 2.75) is 12.8 Å². The maximum atomic E-state index is 14.7. The third-order valence-corrected chi connectivity index (χ3v) is 8.70. The van der Waals surface area contributed by atoms with Gasteiger partial charge < -0.3 is 10.3 Å². The summed E-state index contributed by atoms with van der Waals surface area (Å²) in [6.07, 6.45) is 6.54. The highest BCUT2D eigenvalue weighted by molar-refractivity contribution is 7.90. The molecule has 0 spiro atoms. The number of rotatable bonds is 9. The molecule has 12 heteroatoms. The minimum atomic E-state index is -3.20. The normalized spacial score (nSPS) is 11.7. The number of halogens is 1. The second-order valence-corrected chi connectivity index (χ2v) is 13.6. The monoisotopic (exact) mass is 645 g/mol. The van der Waals surface area contributed by atoms with Crippen LogP contribution in [0.15, 0.2) is 97.5 Å². The Morgan fingerprint density at radius 1 is 0.936 bits per heavy atom. The molecule has 2 aromatic carbocycles. The number of anilines is 1. The first-order valence-corrected chi connectivity index (χ1v) is 16.8. The van der Waals surface area contributed by atoms with Crippen LogP contribution in [0.3, 0.4) is 0 Å². The molecule has 47 heavy (non-hydrogen) atoms. The van der Waals surface area contributed by atoms with E-state index in [9.17, 15) is 17.6 Å². The lowest BCUT2D eigenvalue weighted by molar-refractivity contribution is -0.115. The van der Waals surface area contributed by atoms with E-state index in [2.05, 4.69) is 30.5 Å². The number of carbonyl (C=O) groups excluding carboxylic acids is 1. The number of aromatic amines is 2. The van der Waals surface area contributed by atoms with Gasteiger partial charge in [-0.15, -0.1) is 0 Å². The van der Waals surface area contributed by atoms with Gasteiger partial charge in [0.1, 0.15) is 32.5 Å². The topological polar surface area (TPSA) is 146 Å². The van der Waals surface area contributed by atoms with Crippen molar-refractivity contribution >= 4 is 43.5 Å². The number of fused-ring (bicyclic) bond motifs is 2. The molecule has 0 aliphatic rings. The summed E-state index contributed by atoms with van der Waals surface area (Å²) < 4.78 is 38.1. The second-order valence-electron chi connectivity index (χ2n) is 11.4. The molecule has 10 nitrogen and oxygen atoms in total. The van der Waals surface area contributed by atoms with Gasteiger partial charge in [-0.25, -0.2) is 22.8 Å². The zero-order chi connectivity index (χ0) is 32.5. The van der Waals surface area contributed by atoms with Crippen LogP contribution in [0.2, 0.25) is 0 Å². The van der Waals surface area contributed by atoms with Crippen LogP contribution in [0.25, 0.3) is 55.8 Å². The Morgan fingerprint density at radius 2 is 1.79 bits per heavy atom. The van der Waals surface area contributed by atoms with Crippen molar-refractivity contribution in [3.63, 3.8) is 0 Å². The van der Waals surface area contributed by atoms with Crippen molar-refractivity contribution in [2.24, 2.45) is 0 Å². The molecule has 0 aliphatic carbocycles. The lowest BCUT2D eigenvalue weighted by atomic mass is 10.00. The van der Waals surface area contributed by atoms with Crippen LogP contribution in [-0.2, 0) is 27.5 Å². The predicted octanol–water partition coefficient (Wildman–Crippen LogP) is 6.14. The first-order chi connectivity index (χ1) is 22.7. The van der Waals surface area contributed by atoms with Gasteiger partial charge in [-0.2, -0.15) is 5.10 Å². The van der Waals surface area contributed by atoms with Gasteiger partial charge >= 0.3 is 0 Å². The summed E-state index contributed by atoms with van der Waals surface area (Å²) in [5.41, 5.74) is 7.92. The van der Waals surface area contributed by atoms with Crippen LogP contribution in [-0.4, -0.2) is 56.5 Å². The van der Waals surface area contributed by atoms with Crippen LogP contribution in [0.4, 0.5) is 10.1 Å². The quantitative estimate of drug-likeness (QED) is 0.171. The van der Waals surface area contributed by atoms with E-state index in [0.717, 1.165) is 27.6 Å². The summed E-state index contributed by atoms with van der Waals surface area (Å²) in [6, 6.07) is 23.4. The molecule has 0 saturated carbocycles. The molecule has 0 aliphatic heterocycles. The number of pyridine rings is 3. The Morgan fingerprint density at radius 3 is 2.62 bits per heavy atom. The molecule has 7 rings (SSSR count). The van der Waals surface area contributed by atoms with Gasteiger partial charge in [0, 0.05) is 29.6 Å². The maximum absolute atomic E-state index is 14.7. The van der Waals surface area contributed by atoms with E-state index < -0.39 is 15.7 Å². The Balaban J connectivity index is 1.20. The van der Waals surface area contributed by atoms with E-state index >= 15 is 0 Å². The van der Waals surface area contributed by atoms with Gasteiger partial charge in [-0.1, -0.05) is 36.4 Å². The van der Waals surface area contributed by atoms with E-state index in [1.54, 1.807) is 30.7 Å². The standard InChI is InChI=1S/C35H28FN7O3S/c1-47(45,46)12-10-22-13-23(16-25(36)14-22)27-9-11-38-35-28(27)18-31(41-35)34-33-30(42-43-34)8-7-29(40-33)24-17-26(20-37-19-24)39-32(44)15-21-5-3-2-4-6-21/h2-9,11,13-14,16-20H,10,12,15H2,1H3,(H,38,41)(H,39,44)(H,42,43). The molecule has 0 unspecified atom stereocenters. The molecule has 0 fully saturated rings. The van der Waals surface area contributed by atoms with E-state index in [4.69, 9.17) is 4.98 Å². The van der Waals surface area contributed by atoms with Crippen molar-refractivity contribution in [2.75, 3.05) is 17.3 Å². The van der Waals surface area contributed by atoms with E-state index in [1.165, 1.54) is 18.4 Å². The van der Waals surface area contributed by atoms with Crippen LogP contribution >= 0.6 is 0 Å². The third-order valence-electron chi connectivity index (χ3n) is 7.75. The van der Waals surface area contributed by atoms with E-state index in [-0.39, 0.29) is 24.5 Å². The summed E-state index contributed by atoms with van der Waals surface area (Å²) in [5.74, 6) is -0.664. The molecule has 0 bridgehead atoms. The van der Waals surface area contributed by atoms with Crippen LogP contribution in [0.1, 0.15) is 11.1 Å². The number of benzene rings is 2. The van der Waals surface area contributed by atoms with Crippen LogP contribution in [0, 0.1) is 5.82 Å². The molecule has 0 atom stereocenters. The van der Waals surface area contributed by atoms with Gasteiger partial charge in [0.25, 0.3) is 0 Å². The molecule has 0 radical (unpaired) electrons. The molecule has 5 heterocycles. The Labute approximate surface area is 269 Å². The summed E-state index contributed by atoms with van der Waals surface area (Å²) in [4.78, 5) is 29.7. The molecule has 3 N–H and O–H groups in total. The minimum Gasteiger partial charge on any atom is -0.338 e. The first kappa shape index (κ1) is 29.9. The van der Waals surface area contributed by atoms with Gasteiger partial charge in [0.2, 0.25) is 5.91 Å². The number of amides is 1. The molecular formula is C35H28FN7O3S. The number of nitrogens with one attached hydrogen (secondary N) is 3. The number of aryl methyl sites for hydroxylation is 1. The second kappa shape index (κ2) is 12.2. The van der Waals surface area contributed by atoms with Crippen molar-refractivity contribution < 1.29 is 17.6 Å². The number of aromatic nitrogens is 6. The van der Waals surface area contributed by atoms with Gasteiger partial charge in [-0.05, 0) is 71.1 Å². The first-order valence-electron chi connectivity index (χ1n) is 14.8. The summed E-state index contributed by atoms with van der Waals surface area (Å²) in [5, 5.41) is 11.2. The predicted molar refractivity (Wildman–Crippen MR) is 180 cm³/mol. The highest BCUT2D eigenvalue weighted by atomic mass is 32.2. The molecule has 234 valence electrons. The van der Waals surface area contributed by atoms with Gasteiger partial charge in [-0.3, -0.25) is 14.9 Å². The number of sulfone groups is 1. The fraction of sp³-hybridized carbons (Fsp3) is 0.114. The molecule has 0 saturated heterocycles. The molecule has 5 aromatic heterocycles. The number of nitrogens with zero attached hydrogens (tertiary/aromatic N) is 4. The highest BCUT2D eigenvalue weighted by Crippen LogP contribution is 2.34. The van der Waals surface area contributed by atoms with Crippen molar-refractivity contribution in [1.29, 1.82) is 0 Å². The highest BCUT2D eigenvalue weighted by Gasteiger charge is 2.17. The van der Waals surface area contributed by atoms with E-state index in [1.807, 2.05) is 54.6 Å². The third kappa shape index (κ3) is 6.63. The number of carbonyl (C=O) groups is 1. The summed E-state index contributed by atoms with van der Waals surface area (Å²) in [7, 11) is -3.20.